The van der Waals surface area contributed by atoms with Crippen molar-refractivity contribution in [3.63, 3.8) is 0 Å². The predicted octanol–water partition coefficient (Wildman–Crippen LogP) is 3.45. The summed E-state index contributed by atoms with van der Waals surface area (Å²) in [6.45, 7) is 3.46. The highest BCUT2D eigenvalue weighted by Crippen LogP contribution is 2.22. The number of fused-ring (bicyclic) bond motifs is 1. The van der Waals surface area contributed by atoms with Crippen LogP contribution >= 0.6 is 11.6 Å². The molecule has 166 valence electrons. The third-order valence-electron chi connectivity index (χ3n) is 5.94. The van der Waals surface area contributed by atoms with E-state index in [1.54, 1.807) is 4.90 Å². The predicted molar refractivity (Wildman–Crippen MR) is 125 cm³/mol. The molecule has 1 atom stereocenters. The van der Waals surface area contributed by atoms with E-state index in [1.165, 1.54) is 6.33 Å². The molecule has 1 unspecified atom stereocenters. The number of nitrogen functional groups attached to an aromatic ring is 1. The van der Waals surface area contributed by atoms with Crippen molar-refractivity contribution < 1.29 is 9.59 Å². The lowest BCUT2D eigenvalue weighted by Crippen LogP contribution is -2.58. The van der Waals surface area contributed by atoms with Gasteiger partial charge in [-0.25, -0.2) is 9.97 Å². The first-order valence-corrected chi connectivity index (χ1v) is 11.2. The highest BCUT2D eigenvalue weighted by molar-refractivity contribution is 6.30. The van der Waals surface area contributed by atoms with E-state index in [4.69, 9.17) is 17.3 Å². The molecule has 1 aromatic heterocycles. The van der Waals surface area contributed by atoms with E-state index < -0.39 is 6.04 Å². The van der Waals surface area contributed by atoms with Gasteiger partial charge in [0.25, 0.3) is 0 Å². The van der Waals surface area contributed by atoms with Crippen molar-refractivity contribution in [1.82, 2.24) is 19.8 Å². The summed E-state index contributed by atoms with van der Waals surface area (Å²) in [5.74, 6) is 0.438. The van der Waals surface area contributed by atoms with Crippen LogP contribution in [0.4, 0.5) is 5.82 Å². The molecule has 2 N–H and O–H groups in total. The van der Waals surface area contributed by atoms with Crippen LogP contribution in [0.3, 0.4) is 0 Å². The van der Waals surface area contributed by atoms with Gasteiger partial charge in [0.2, 0.25) is 11.8 Å². The maximum absolute atomic E-state index is 13.2. The third kappa shape index (κ3) is 4.67. The molecule has 2 amide bonds. The number of nitrogens with zero attached hydrogens (tertiary/aromatic N) is 4. The van der Waals surface area contributed by atoms with Crippen molar-refractivity contribution in [1.29, 1.82) is 0 Å². The van der Waals surface area contributed by atoms with Crippen LogP contribution in [0, 0.1) is 0 Å². The van der Waals surface area contributed by atoms with Crippen LogP contribution in [-0.4, -0.2) is 50.7 Å². The quantitative estimate of drug-likeness (QED) is 0.619. The fourth-order valence-corrected chi connectivity index (χ4v) is 4.30. The number of benzene rings is 2. The minimum Gasteiger partial charge on any atom is -0.383 e. The molecule has 0 bridgehead atoms. The van der Waals surface area contributed by atoms with E-state index in [2.05, 4.69) is 9.97 Å². The Bertz CT molecular complexity index is 1130. The number of amides is 2. The number of hydrogen-bond acceptors (Lipinski definition) is 5. The summed E-state index contributed by atoms with van der Waals surface area (Å²) in [4.78, 5) is 37.9. The van der Waals surface area contributed by atoms with E-state index in [1.807, 2.05) is 54.3 Å². The van der Waals surface area contributed by atoms with Crippen molar-refractivity contribution in [2.45, 2.75) is 38.8 Å². The number of carbonyl (C=O) groups is 2. The maximum Gasteiger partial charge on any atom is 0.245 e. The lowest BCUT2D eigenvalue weighted by atomic mass is 10.0. The molecule has 0 aliphatic carbocycles. The van der Waals surface area contributed by atoms with Gasteiger partial charge in [0.1, 0.15) is 18.2 Å². The average Bonchev–Trinajstić information content (AvgIpc) is 2.80. The summed E-state index contributed by atoms with van der Waals surface area (Å²) in [5.41, 5.74) is 8.69. The highest BCUT2D eigenvalue weighted by Gasteiger charge is 2.35. The molecule has 1 saturated heterocycles. The molecule has 32 heavy (non-hydrogen) atoms. The van der Waals surface area contributed by atoms with E-state index in [0.29, 0.717) is 49.7 Å². The van der Waals surface area contributed by atoms with E-state index in [0.717, 1.165) is 22.0 Å². The Morgan fingerprint density at radius 3 is 2.62 bits per heavy atom. The van der Waals surface area contributed by atoms with E-state index >= 15 is 0 Å². The molecular formula is C24H26ClN5O2. The summed E-state index contributed by atoms with van der Waals surface area (Å²) in [6.07, 6.45) is 3.03. The minimum absolute atomic E-state index is 0.0117. The standard InChI is InChI=1S/C24H26ClN5O2/c1-2-21-24(32)29(14-17-5-9-19-20(13-17)27-15-28-23(19)26)11-12-30(21)22(31)10-6-16-3-7-18(25)8-4-16/h3-5,7-9,13,15,21H,2,6,10-12,14H2,1H3,(H2,26,27,28). The summed E-state index contributed by atoms with van der Waals surface area (Å²) in [5, 5.41) is 1.47. The van der Waals surface area contributed by atoms with E-state index in [9.17, 15) is 9.59 Å². The lowest BCUT2D eigenvalue weighted by molar-refractivity contribution is -0.152. The van der Waals surface area contributed by atoms with Crippen LogP contribution in [0.15, 0.2) is 48.8 Å². The lowest BCUT2D eigenvalue weighted by Gasteiger charge is -2.40. The van der Waals surface area contributed by atoms with E-state index in [-0.39, 0.29) is 11.8 Å². The molecule has 0 saturated carbocycles. The maximum atomic E-state index is 13.2. The SMILES string of the molecule is CCC1C(=O)N(Cc2ccc3c(N)ncnc3c2)CCN1C(=O)CCc1ccc(Cl)cc1. The van der Waals surface area contributed by atoms with Gasteiger partial charge >= 0.3 is 0 Å². The number of aromatic nitrogens is 2. The Labute approximate surface area is 192 Å². The molecule has 4 rings (SSSR count). The average molecular weight is 452 g/mol. The first kappa shape index (κ1) is 22.0. The zero-order chi connectivity index (χ0) is 22.7. The number of rotatable bonds is 6. The molecule has 1 aliphatic rings. The van der Waals surface area contributed by atoms with Crippen molar-refractivity contribution >= 4 is 40.1 Å². The van der Waals surface area contributed by atoms with Crippen molar-refractivity contribution in [2.24, 2.45) is 0 Å². The molecule has 0 radical (unpaired) electrons. The minimum atomic E-state index is -0.431. The van der Waals surface area contributed by atoms with Crippen LogP contribution in [0.2, 0.25) is 5.02 Å². The first-order chi connectivity index (χ1) is 15.5. The molecule has 7 nitrogen and oxygen atoms in total. The zero-order valence-electron chi connectivity index (χ0n) is 18.0. The number of piperazine rings is 1. The number of nitrogens with two attached hydrogens (primary N) is 1. The molecule has 1 aliphatic heterocycles. The summed E-state index contributed by atoms with van der Waals surface area (Å²) in [7, 11) is 0. The van der Waals surface area contributed by atoms with Gasteiger partial charge in [-0.1, -0.05) is 36.7 Å². The monoisotopic (exact) mass is 451 g/mol. The van der Waals surface area contributed by atoms with Crippen LogP contribution in [0.1, 0.15) is 30.9 Å². The van der Waals surface area contributed by atoms with Crippen molar-refractivity contribution in [2.75, 3.05) is 18.8 Å². The summed E-state index contributed by atoms with van der Waals surface area (Å²) >= 11 is 5.93. The zero-order valence-corrected chi connectivity index (χ0v) is 18.8. The Morgan fingerprint density at radius 2 is 1.88 bits per heavy atom. The Morgan fingerprint density at radius 1 is 1.12 bits per heavy atom. The molecule has 0 spiro atoms. The number of hydrogen-bond donors (Lipinski definition) is 1. The van der Waals surface area contributed by atoms with Crippen molar-refractivity contribution in [3.8, 4) is 0 Å². The Balaban J connectivity index is 1.41. The second-order valence-corrected chi connectivity index (χ2v) is 8.44. The topological polar surface area (TPSA) is 92.4 Å². The fourth-order valence-electron chi connectivity index (χ4n) is 4.18. The normalized spacial score (nSPS) is 16.6. The second-order valence-electron chi connectivity index (χ2n) is 8.01. The summed E-state index contributed by atoms with van der Waals surface area (Å²) < 4.78 is 0. The molecule has 3 aromatic rings. The second kappa shape index (κ2) is 9.53. The fraction of sp³-hybridized carbons (Fsp3) is 0.333. The molecular weight excluding hydrogens is 426 g/mol. The van der Waals surface area contributed by atoms with Gasteiger partial charge in [0.05, 0.1) is 5.52 Å². The van der Waals surface area contributed by atoms with Gasteiger partial charge in [0.15, 0.2) is 0 Å². The molecule has 1 fully saturated rings. The molecule has 2 heterocycles. The first-order valence-electron chi connectivity index (χ1n) is 10.8. The van der Waals surface area contributed by atoms with Gasteiger partial charge in [-0.15, -0.1) is 0 Å². The summed E-state index contributed by atoms with van der Waals surface area (Å²) in [6, 6.07) is 12.8. The largest absolute Gasteiger partial charge is 0.383 e. The van der Waals surface area contributed by atoms with Crippen molar-refractivity contribution in [3.05, 3.63) is 64.9 Å². The Hall–Kier alpha value is -3.19. The number of carbonyl (C=O) groups excluding carboxylic acids is 2. The number of anilines is 1. The Kier molecular flexibility index (Phi) is 6.55. The number of aryl methyl sites for hydroxylation is 1. The van der Waals surface area contributed by atoms with Gasteiger partial charge in [-0.2, -0.15) is 0 Å². The van der Waals surface area contributed by atoms with Gasteiger partial charge in [0, 0.05) is 36.5 Å². The third-order valence-corrected chi connectivity index (χ3v) is 6.19. The number of halogens is 1. The van der Waals surface area contributed by atoms with Gasteiger partial charge in [-0.3, -0.25) is 9.59 Å². The molecule has 2 aromatic carbocycles. The highest BCUT2D eigenvalue weighted by atomic mass is 35.5. The van der Waals surface area contributed by atoms with Crippen LogP contribution in [0.25, 0.3) is 10.9 Å². The van der Waals surface area contributed by atoms with Crippen LogP contribution < -0.4 is 5.73 Å². The van der Waals surface area contributed by atoms with Crippen LogP contribution in [0.5, 0.6) is 0 Å². The van der Waals surface area contributed by atoms with Crippen LogP contribution in [-0.2, 0) is 22.6 Å². The smallest absolute Gasteiger partial charge is 0.245 e. The molecule has 8 heteroatoms. The van der Waals surface area contributed by atoms with Gasteiger partial charge < -0.3 is 15.5 Å². The van der Waals surface area contributed by atoms with Gasteiger partial charge in [-0.05, 0) is 48.2 Å².